The Balaban J connectivity index is 1.31. The topological polar surface area (TPSA) is 29.5 Å². The lowest BCUT2D eigenvalue weighted by molar-refractivity contribution is -0.0893. The van der Waals surface area contributed by atoms with Crippen molar-refractivity contribution in [3.63, 3.8) is 0 Å². The number of aliphatic hydroxyl groups is 1. The van der Waals surface area contributed by atoms with Gasteiger partial charge in [-0.05, 0) is 106 Å². The molecule has 0 atom stereocenters. The van der Waals surface area contributed by atoms with Gasteiger partial charge in [0.25, 0.3) is 0 Å². The van der Waals surface area contributed by atoms with E-state index in [-0.39, 0.29) is 0 Å². The summed E-state index contributed by atoms with van der Waals surface area (Å²) in [5.74, 6) is 0. The lowest BCUT2D eigenvalue weighted by Gasteiger charge is -2.49. The van der Waals surface area contributed by atoms with Gasteiger partial charge in [-0.1, -0.05) is 146 Å². The summed E-state index contributed by atoms with van der Waals surface area (Å²) < 4.78 is 9.31. The van der Waals surface area contributed by atoms with Crippen molar-refractivity contribution in [1.82, 2.24) is 0 Å². The molecule has 3 aliphatic rings. The summed E-state index contributed by atoms with van der Waals surface area (Å²) >= 11 is 1.92. The van der Waals surface area contributed by atoms with Crippen molar-refractivity contribution in [3.05, 3.63) is 196 Å². The minimum atomic E-state index is -1.02. The minimum absolute atomic E-state index is 0.383. The van der Waals surface area contributed by atoms with E-state index in [4.69, 9.17) is 4.65 Å². The second-order valence-electron chi connectivity index (χ2n) is 16.3. The molecular formula is C50H39BO2S. The number of hydrogen-bond donors (Lipinski definition) is 1. The van der Waals surface area contributed by atoms with E-state index >= 15 is 0 Å². The van der Waals surface area contributed by atoms with Crippen molar-refractivity contribution in [2.24, 2.45) is 0 Å². The SMILES string of the molecule is CC(C)(O)C(C)(C)OBc1cccc2c1-c1ccc3c(sc4ccccc43)c1C21c2ccccc2C2(c3ccccc3-c3ccccc32)c2ccccc21. The molecule has 2 nitrogen and oxygen atoms in total. The number of benzene rings is 7. The van der Waals surface area contributed by atoms with Gasteiger partial charge in [-0.15, -0.1) is 11.3 Å². The normalized spacial score (nSPS) is 15.5. The molecule has 0 unspecified atom stereocenters. The van der Waals surface area contributed by atoms with Crippen molar-refractivity contribution in [2.75, 3.05) is 0 Å². The Morgan fingerprint density at radius 2 is 1.02 bits per heavy atom. The molecule has 54 heavy (non-hydrogen) atoms. The van der Waals surface area contributed by atoms with Gasteiger partial charge in [-0.3, -0.25) is 0 Å². The number of hydrogen-bond acceptors (Lipinski definition) is 3. The van der Waals surface area contributed by atoms with E-state index in [0.717, 1.165) is 5.46 Å². The van der Waals surface area contributed by atoms with Crippen LogP contribution in [-0.4, -0.2) is 23.8 Å². The maximum atomic E-state index is 11.1. The quantitative estimate of drug-likeness (QED) is 0.184. The Bertz CT molecular complexity index is 2780. The number of fused-ring (bicyclic) bond motifs is 20. The summed E-state index contributed by atoms with van der Waals surface area (Å²) in [6.07, 6.45) is 0. The Morgan fingerprint density at radius 1 is 0.500 bits per heavy atom. The molecule has 0 bridgehead atoms. The molecule has 2 spiro atoms. The number of rotatable bonds is 4. The molecule has 7 aromatic carbocycles. The van der Waals surface area contributed by atoms with E-state index in [0.29, 0.717) is 7.48 Å². The Kier molecular flexibility index (Phi) is 6.51. The molecule has 1 aromatic heterocycles. The van der Waals surface area contributed by atoms with Gasteiger partial charge in [0, 0.05) is 20.2 Å². The maximum absolute atomic E-state index is 11.1. The van der Waals surface area contributed by atoms with Crippen LogP contribution in [0.2, 0.25) is 0 Å². The zero-order valence-electron chi connectivity index (χ0n) is 30.9. The highest BCUT2D eigenvalue weighted by atomic mass is 32.1. The molecule has 0 radical (unpaired) electrons. The van der Waals surface area contributed by atoms with Crippen LogP contribution < -0.4 is 5.46 Å². The van der Waals surface area contributed by atoms with Gasteiger partial charge in [0.05, 0.1) is 22.0 Å². The summed E-state index contributed by atoms with van der Waals surface area (Å²) in [5.41, 5.74) is 14.1. The Morgan fingerprint density at radius 3 is 1.63 bits per heavy atom. The molecule has 8 aromatic rings. The standard InChI is InChI=1S/C50H39BO2S/c1-47(2,52)48(3,4)53-51-42-26-15-25-41-44(42)34-29-28-33-32-18-7-14-27-43(32)54-46(33)45(34)50(41)39-23-12-10-21-37(39)49(38-22-11-13-24-40(38)50)35-19-8-5-16-30(35)31-17-6-9-20-36(31)49/h5-29,51-52H,1-4H3. The first kappa shape index (κ1) is 32.2. The minimum Gasteiger partial charge on any atom is -0.427 e. The highest BCUT2D eigenvalue weighted by molar-refractivity contribution is 7.26. The number of thiophene rings is 1. The van der Waals surface area contributed by atoms with E-state index in [1.165, 1.54) is 86.9 Å². The predicted molar refractivity (Wildman–Crippen MR) is 226 cm³/mol. The first-order valence-electron chi connectivity index (χ1n) is 19.0. The molecule has 0 amide bonds. The van der Waals surface area contributed by atoms with Gasteiger partial charge in [0.1, 0.15) is 0 Å². The fraction of sp³-hybridized carbons (Fsp3) is 0.160. The summed E-state index contributed by atoms with van der Waals surface area (Å²) in [5, 5.41) is 13.7. The van der Waals surface area contributed by atoms with Gasteiger partial charge < -0.3 is 9.76 Å². The highest BCUT2D eigenvalue weighted by Crippen LogP contribution is 2.68. The molecule has 260 valence electrons. The second kappa shape index (κ2) is 10.9. The van der Waals surface area contributed by atoms with Crippen LogP contribution in [0.5, 0.6) is 0 Å². The molecule has 1 N–H and O–H groups in total. The van der Waals surface area contributed by atoms with Crippen molar-refractivity contribution in [2.45, 2.75) is 49.7 Å². The molecule has 0 aliphatic heterocycles. The zero-order valence-corrected chi connectivity index (χ0v) is 31.7. The van der Waals surface area contributed by atoms with Crippen molar-refractivity contribution < 1.29 is 9.76 Å². The van der Waals surface area contributed by atoms with Crippen LogP contribution >= 0.6 is 11.3 Å². The average Bonchev–Trinajstić information content (AvgIpc) is 3.82. The van der Waals surface area contributed by atoms with Crippen LogP contribution in [0.3, 0.4) is 0 Å². The lowest BCUT2D eigenvalue weighted by atomic mass is 9.52. The first-order valence-corrected chi connectivity index (χ1v) is 19.8. The Labute approximate surface area is 321 Å². The van der Waals surface area contributed by atoms with E-state index in [9.17, 15) is 5.11 Å². The third-order valence-corrected chi connectivity index (χ3v) is 14.4. The monoisotopic (exact) mass is 714 g/mol. The molecule has 0 fully saturated rings. The van der Waals surface area contributed by atoms with E-state index in [1.807, 2.05) is 39.0 Å². The third-order valence-electron chi connectivity index (χ3n) is 13.2. The van der Waals surface area contributed by atoms with Crippen molar-refractivity contribution >= 4 is 44.5 Å². The van der Waals surface area contributed by atoms with E-state index < -0.39 is 22.0 Å². The van der Waals surface area contributed by atoms with E-state index in [1.54, 1.807) is 0 Å². The summed E-state index contributed by atoms with van der Waals surface area (Å²) in [6, 6.07) is 57.2. The van der Waals surface area contributed by atoms with Gasteiger partial charge in [-0.25, -0.2) is 0 Å². The van der Waals surface area contributed by atoms with Crippen LogP contribution in [0.4, 0.5) is 0 Å². The maximum Gasteiger partial charge on any atom is 0.310 e. The van der Waals surface area contributed by atoms with Crippen LogP contribution in [0.1, 0.15) is 72.2 Å². The van der Waals surface area contributed by atoms with Crippen LogP contribution in [0.15, 0.2) is 152 Å². The first-order chi connectivity index (χ1) is 26.2. The molecule has 0 saturated carbocycles. The van der Waals surface area contributed by atoms with E-state index in [2.05, 4.69) is 152 Å². The van der Waals surface area contributed by atoms with Gasteiger partial charge >= 0.3 is 7.48 Å². The largest absolute Gasteiger partial charge is 0.427 e. The summed E-state index contributed by atoms with van der Waals surface area (Å²) in [6.45, 7) is 7.62. The molecule has 1 heterocycles. The fourth-order valence-electron chi connectivity index (χ4n) is 10.2. The molecule has 4 heteroatoms. The molecule has 11 rings (SSSR count). The summed E-state index contributed by atoms with van der Waals surface area (Å²) in [7, 11) is 0.383. The van der Waals surface area contributed by atoms with Crippen molar-refractivity contribution in [3.8, 4) is 22.3 Å². The Hall–Kier alpha value is -5.26. The third kappa shape index (κ3) is 3.83. The smallest absolute Gasteiger partial charge is 0.310 e. The van der Waals surface area contributed by atoms with Crippen LogP contribution in [-0.2, 0) is 15.5 Å². The molecular weight excluding hydrogens is 675 g/mol. The zero-order chi connectivity index (χ0) is 36.6. The second-order valence-corrected chi connectivity index (χ2v) is 17.4. The summed E-state index contributed by atoms with van der Waals surface area (Å²) in [4.78, 5) is 0. The average molecular weight is 715 g/mol. The van der Waals surface area contributed by atoms with Crippen LogP contribution in [0.25, 0.3) is 42.4 Å². The predicted octanol–water partition coefficient (Wildman–Crippen LogP) is 10.6. The van der Waals surface area contributed by atoms with Gasteiger partial charge in [-0.2, -0.15) is 0 Å². The van der Waals surface area contributed by atoms with Crippen molar-refractivity contribution in [1.29, 1.82) is 0 Å². The highest BCUT2D eigenvalue weighted by Gasteiger charge is 2.59. The molecule has 0 saturated heterocycles. The van der Waals surface area contributed by atoms with Gasteiger partial charge in [0.2, 0.25) is 0 Å². The fourth-order valence-corrected chi connectivity index (χ4v) is 11.5. The lowest BCUT2D eigenvalue weighted by Crippen LogP contribution is -2.49. The molecule has 3 aliphatic carbocycles. The van der Waals surface area contributed by atoms with Crippen LogP contribution in [0, 0.1) is 0 Å². The van der Waals surface area contributed by atoms with Gasteiger partial charge in [0.15, 0.2) is 0 Å².